The summed E-state index contributed by atoms with van der Waals surface area (Å²) in [6.45, 7) is 2.24. The van der Waals surface area contributed by atoms with Gasteiger partial charge in [-0.25, -0.2) is 0 Å². The van der Waals surface area contributed by atoms with Gasteiger partial charge in [0, 0.05) is 57.8 Å². The van der Waals surface area contributed by atoms with Gasteiger partial charge in [-0.15, -0.1) is 0 Å². The first kappa shape index (κ1) is 65.1. The predicted octanol–water partition coefficient (Wildman–Crippen LogP) is 12.7. The molecule has 6 N–H and O–H groups in total. The molecule has 4 atom stereocenters. The monoisotopic (exact) mass is 1320 g/mol. The van der Waals surface area contributed by atoms with E-state index in [0.717, 1.165) is 134 Å². The molecule has 4 unspecified atom stereocenters. The first-order valence-electron chi connectivity index (χ1n) is 39.4. The number of carbonyl (C=O) groups excluding carboxylic acids is 5. The lowest BCUT2D eigenvalue weighted by Crippen LogP contribution is -2.56. The highest BCUT2D eigenvalue weighted by Gasteiger charge is 2.55. The molecule has 0 saturated heterocycles. The molecule has 96 heavy (non-hydrogen) atoms. The van der Waals surface area contributed by atoms with E-state index in [1.165, 1.54) is 179 Å². The Morgan fingerprint density at radius 2 is 0.792 bits per heavy atom. The van der Waals surface area contributed by atoms with Crippen LogP contribution in [-0.2, 0) is 57.6 Å². The smallest absolute Gasteiger partial charge is 0.309 e. The minimum Gasteiger partial charge on any atom is -0.481 e. The number of carboxylic acid groups (broad SMARTS) is 1. The molecule has 4 amide bonds. The number of primary amides is 1. The summed E-state index contributed by atoms with van der Waals surface area (Å²) in [4.78, 5) is 76.9. The number of amides is 4. The first-order chi connectivity index (χ1) is 46.6. The van der Waals surface area contributed by atoms with Crippen molar-refractivity contribution in [1.82, 2.24) is 45.3 Å². The van der Waals surface area contributed by atoms with Crippen molar-refractivity contribution < 1.29 is 38.6 Å². The molecule has 522 valence electrons. The van der Waals surface area contributed by atoms with Gasteiger partial charge in [0.05, 0.1) is 37.1 Å². The van der Waals surface area contributed by atoms with Crippen LogP contribution in [0.1, 0.15) is 309 Å². The molecule has 3 aromatic rings. The average molecular weight is 1320 g/mol. The zero-order valence-corrected chi connectivity index (χ0v) is 57.9. The fourth-order valence-corrected chi connectivity index (χ4v) is 25.1. The zero-order valence-electron chi connectivity index (χ0n) is 57.9. The van der Waals surface area contributed by atoms with E-state index in [9.17, 15) is 33.9 Å². The number of aromatic nitrogens is 6. The van der Waals surface area contributed by atoms with Crippen LogP contribution < -0.4 is 21.7 Å². The second kappa shape index (κ2) is 26.8. The van der Waals surface area contributed by atoms with E-state index in [1.54, 1.807) is 0 Å². The molecule has 18 aliphatic carbocycles. The molecule has 18 nitrogen and oxygen atoms in total. The van der Waals surface area contributed by atoms with Crippen LogP contribution in [0.3, 0.4) is 0 Å². The Kier molecular flexibility index (Phi) is 18.2. The SMILES string of the molecule is CC(NC(=O)c1nn(C2CCCCC2)c2c1CC(C(N)=O)CC2)C12CC3CC(CC(C3)C1)C2.COC(=O)C1CCc2c(c(C(=O)NC3C4CC5CC(C4)CC3C5)nn2C2CCCCC2)C1.O=C(NC1C2CC3CC(C2)CC1C3)c1nn(C2CCCCC2)c2c1CC(C(=O)O)CC2. The summed E-state index contributed by atoms with van der Waals surface area (Å²) in [6.07, 6.45) is 45.3. The highest BCUT2D eigenvalue weighted by Crippen LogP contribution is 2.62. The van der Waals surface area contributed by atoms with E-state index in [-0.39, 0.29) is 58.9 Å². The number of rotatable bonds is 13. The summed E-state index contributed by atoms with van der Waals surface area (Å²) in [7, 11) is 1.46. The van der Waals surface area contributed by atoms with Crippen LogP contribution in [-0.4, -0.2) is 95.3 Å². The molecule has 15 fully saturated rings. The Morgan fingerprint density at radius 3 is 1.16 bits per heavy atom. The Balaban J connectivity index is 0.000000113. The van der Waals surface area contributed by atoms with E-state index >= 15 is 0 Å². The summed E-state index contributed by atoms with van der Waals surface area (Å²) in [5.41, 5.74) is 14.1. The normalized spacial score (nSPS) is 36.4. The molecule has 3 aromatic heterocycles. The Morgan fingerprint density at radius 1 is 0.458 bits per heavy atom. The number of fused-ring (bicyclic) bond motifs is 3. The van der Waals surface area contributed by atoms with Crippen LogP contribution in [0.15, 0.2) is 0 Å². The van der Waals surface area contributed by atoms with E-state index in [0.29, 0.717) is 90.6 Å². The van der Waals surface area contributed by atoms with Gasteiger partial charge in [0.15, 0.2) is 17.1 Å². The Labute approximate surface area is 568 Å². The summed E-state index contributed by atoms with van der Waals surface area (Å²) in [5, 5.41) is 34.8. The van der Waals surface area contributed by atoms with E-state index in [2.05, 4.69) is 36.9 Å². The van der Waals surface area contributed by atoms with Crippen molar-refractivity contribution in [3.8, 4) is 0 Å². The number of methoxy groups -OCH3 is 1. The van der Waals surface area contributed by atoms with Crippen molar-refractivity contribution in [2.45, 2.75) is 300 Å². The third kappa shape index (κ3) is 12.5. The maximum absolute atomic E-state index is 13.7. The summed E-state index contributed by atoms with van der Waals surface area (Å²) >= 11 is 0. The van der Waals surface area contributed by atoms with Gasteiger partial charge in [0.25, 0.3) is 17.7 Å². The van der Waals surface area contributed by atoms with Crippen LogP contribution in [0.5, 0.6) is 0 Å². The Bertz CT molecular complexity index is 3340. The molecular formula is C78H112N10O8. The molecule has 0 aromatic carbocycles. The summed E-state index contributed by atoms with van der Waals surface area (Å²) < 4.78 is 11.5. The van der Waals surface area contributed by atoms with E-state index in [4.69, 9.17) is 25.8 Å². The highest BCUT2D eigenvalue weighted by molar-refractivity contribution is 5.96. The lowest BCUT2D eigenvalue weighted by molar-refractivity contribution is -0.146. The predicted molar refractivity (Wildman–Crippen MR) is 363 cm³/mol. The number of esters is 1. The molecular weight excluding hydrogens is 1200 g/mol. The number of ether oxygens (including phenoxy) is 1. The van der Waals surface area contributed by atoms with Gasteiger partial charge in [-0.2, -0.15) is 15.3 Å². The summed E-state index contributed by atoms with van der Waals surface area (Å²) in [5.74, 6) is 6.71. The fourth-order valence-electron chi connectivity index (χ4n) is 25.1. The van der Waals surface area contributed by atoms with E-state index < -0.39 is 11.9 Å². The number of nitrogens with zero attached hydrogens (tertiary/aromatic N) is 6. The van der Waals surface area contributed by atoms with Crippen molar-refractivity contribution in [1.29, 1.82) is 0 Å². The topological polar surface area (TPSA) is 247 Å². The molecule has 12 bridgehead atoms. The molecule has 0 spiro atoms. The van der Waals surface area contributed by atoms with Gasteiger partial charge in [0.2, 0.25) is 5.91 Å². The fraction of sp³-hybridized carbons (Fsp3) is 0.808. The molecule has 3 heterocycles. The molecule has 15 saturated carbocycles. The number of hydrogen-bond acceptors (Lipinski definition) is 10. The minimum atomic E-state index is -0.747. The largest absolute Gasteiger partial charge is 0.481 e. The van der Waals surface area contributed by atoms with E-state index in [1.807, 2.05) is 0 Å². The van der Waals surface area contributed by atoms with Crippen molar-refractivity contribution in [3.63, 3.8) is 0 Å². The maximum Gasteiger partial charge on any atom is 0.309 e. The number of hydrogen-bond donors (Lipinski definition) is 5. The third-order valence-corrected chi connectivity index (χ3v) is 29.0. The van der Waals surface area contributed by atoms with Crippen molar-refractivity contribution in [3.05, 3.63) is 50.9 Å². The quantitative estimate of drug-likeness (QED) is 0.101. The lowest BCUT2D eigenvalue weighted by atomic mass is 9.48. The van der Waals surface area contributed by atoms with Crippen molar-refractivity contribution in [2.24, 2.45) is 94.0 Å². The second-order valence-electron chi connectivity index (χ2n) is 34.9. The van der Waals surface area contributed by atoms with Gasteiger partial charge in [-0.1, -0.05) is 57.8 Å². The number of nitrogens with one attached hydrogen (secondary N) is 3. The highest BCUT2D eigenvalue weighted by atomic mass is 16.5. The molecule has 0 aliphatic heterocycles. The first-order valence-corrected chi connectivity index (χ1v) is 39.4. The van der Waals surface area contributed by atoms with Gasteiger partial charge < -0.3 is 31.5 Å². The van der Waals surface area contributed by atoms with Crippen LogP contribution >= 0.6 is 0 Å². The molecule has 18 aliphatic rings. The number of carbonyl (C=O) groups is 6. The van der Waals surface area contributed by atoms with Gasteiger partial charge in [-0.3, -0.25) is 42.8 Å². The van der Waals surface area contributed by atoms with Gasteiger partial charge in [0.1, 0.15) is 0 Å². The van der Waals surface area contributed by atoms with Crippen LogP contribution in [0.4, 0.5) is 0 Å². The van der Waals surface area contributed by atoms with Crippen molar-refractivity contribution in [2.75, 3.05) is 7.11 Å². The molecule has 21 rings (SSSR count). The Hall–Kier alpha value is -5.55. The standard InChI is InChI=1S/C27H40N4O2.C26H37N3O3.C25H35N3O3/c1-16(27-13-17-9-18(14-27)11-19(10-17)15-27)29-26(33)24-22-12-20(25(28)32)7-8-23(22)31(30-24)21-5-3-2-4-6-21;1-32-26(31)17-7-8-22-21(14-17)24(28-29(22)20-5-3-2-4-6-20)25(30)27-23-18-10-15-9-16(12-18)13-19(23)11-15;29-24(26-22-17-9-14-8-15(11-17)12-18(22)10-14)23-20-13-16(25(30)31)6-7-21(20)28(27-23)19-4-2-1-3-5-19/h16-21H,2-15H2,1H3,(H2,28,32)(H,29,33);15-20,23H,2-14H2,1H3,(H,27,30);14-19,22H,1-13H2,(H,26,29)(H,30,31). The van der Waals surface area contributed by atoms with Gasteiger partial charge >= 0.3 is 11.9 Å². The minimum absolute atomic E-state index is 0.00111. The molecule has 18 heteroatoms. The van der Waals surface area contributed by atoms with Crippen LogP contribution in [0.25, 0.3) is 0 Å². The van der Waals surface area contributed by atoms with Gasteiger partial charge in [-0.05, 0) is 276 Å². The van der Waals surface area contributed by atoms with Crippen LogP contribution in [0.2, 0.25) is 0 Å². The zero-order chi connectivity index (χ0) is 65.7. The van der Waals surface area contributed by atoms with Crippen LogP contribution in [0, 0.1) is 88.3 Å². The maximum atomic E-state index is 13.7. The summed E-state index contributed by atoms with van der Waals surface area (Å²) in [6, 6.07) is 1.92. The average Bonchev–Trinajstić information content (AvgIpc) is 1.01. The number of aliphatic carboxylic acids is 1. The molecule has 0 radical (unpaired) electrons. The number of carboxylic acids is 1. The second-order valence-corrected chi connectivity index (χ2v) is 34.9. The van der Waals surface area contributed by atoms with Crippen molar-refractivity contribution >= 4 is 35.6 Å². The number of nitrogens with two attached hydrogens (primary N) is 1. The lowest BCUT2D eigenvalue weighted by Gasteiger charge is -2.59. The third-order valence-electron chi connectivity index (χ3n) is 29.0.